The summed E-state index contributed by atoms with van der Waals surface area (Å²) in [4.78, 5) is 24.2. The van der Waals surface area contributed by atoms with Crippen molar-refractivity contribution in [2.75, 3.05) is 31.1 Å². The van der Waals surface area contributed by atoms with E-state index >= 15 is 0 Å². The highest BCUT2D eigenvalue weighted by Crippen LogP contribution is 2.17. The summed E-state index contributed by atoms with van der Waals surface area (Å²) in [5, 5.41) is 13.2. The number of carbonyl (C=O) groups is 1. The number of carbonyl (C=O) groups excluding carboxylic acids is 1. The Morgan fingerprint density at radius 2 is 2.14 bits per heavy atom. The van der Waals surface area contributed by atoms with Gasteiger partial charge in [-0.05, 0) is 51.9 Å². The highest BCUT2D eigenvalue weighted by Gasteiger charge is 2.17. The van der Waals surface area contributed by atoms with Crippen molar-refractivity contribution in [2.45, 2.75) is 32.8 Å². The number of aliphatic hydroxyl groups is 1. The van der Waals surface area contributed by atoms with E-state index in [4.69, 9.17) is 0 Å². The lowest BCUT2D eigenvalue weighted by molar-refractivity contribution is 0.103. The third-order valence-corrected chi connectivity index (χ3v) is 4.48. The van der Waals surface area contributed by atoms with Gasteiger partial charge in [0.1, 0.15) is 17.1 Å². The second-order valence-electron chi connectivity index (χ2n) is 7.47. The number of nitrogens with zero attached hydrogens (tertiary/aromatic N) is 3. The Hall–Kier alpha value is -2.75. The van der Waals surface area contributed by atoms with E-state index in [0.29, 0.717) is 22.5 Å². The summed E-state index contributed by atoms with van der Waals surface area (Å²) in [7, 11) is 0. The minimum atomic E-state index is -1.10. The quantitative estimate of drug-likeness (QED) is 0.628. The van der Waals surface area contributed by atoms with Crippen LogP contribution in [0, 0.1) is 18.8 Å². The van der Waals surface area contributed by atoms with Crippen LogP contribution in [0.15, 0.2) is 30.5 Å². The largest absolute Gasteiger partial charge is 0.378 e. The molecule has 148 valence electrons. The molecule has 2 aromatic rings. The van der Waals surface area contributed by atoms with Gasteiger partial charge in [-0.15, -0.1) is 0 Å². The first-order valence-electron chi connectivity index (χ1n) is 9.53. The zero-order chi connectivity index (χ0) is 20.1. The van der Waals surface area contributed by atoms with Crippen molar-refractivity contribution in [3.63, 3.8) is 0 Å². The lowest BCUT2D eigenvalue weighted by Gasteiger charge is -2.21. The Labute approximate surface area is 167 Å². The number of aryl methyl sites for hydroxylation is 1. The molecule has 3 rings (SSSR count). The van der Waals surface area contributed by atoms with Gasteiger partial charge in [0.15, 0.2) is 0 Å². The smallest absolute Gasteiger partial charge is 0.213 e. The van der Waals surface area contributed by atoms with Gasteiger partial charge >= 0.3 is 0 Å². The van der Waals surface area contributed by atoms with Gasteiger partial charge in [-0.3, -0.25) is 9.78 Å². The predicted octanol–water partition coefficient (Wildman–Crippen LogP) is 2.18. The highest BCUT2D eigenvalue weighted by molar-refractivity contribution is 6.08. The summed E-state index contributed by atoms with van der Waals surface area (Å²) < 4.78 is 0. The molecule has 0 saturated carbocycles. The van der Waals surface area contributed by atoms with Crippen LogP contribution in [0.1, 0.15) is 49.0 Å². The van der Waals surface area contributed by atoms with E-state index < -0.39 is 5.60 Å². The molecule has 0 aliphatic carbocycles. The minimum Gasteiger partial charge on any atom is -0.378 e. The van der Waals surface area contributed by atoms with Gasteiger partial charge in [-0.25, -0.2) is 4.98 Å². The fourth-order valence-corrected chi connectivity index (χ4v) is 3.00. The van der Waals surface area contributed by atoms with Crippen molar-refractivity contribution in [1.29, 1.82) is 0 Å². The first kappa shape index (κ1) is 20.0. The molecule has 0 unspecified atom stereocenters. The summed E-state index contributed by atoms with van der Waals surface area (Å²) in [6, 6.07) is 7.26. The molecule has 0 amide bonds. The number of aromatic nitrogens is 2. The van der Waals surface area contributed by atoms with Crippen molar-refractivity contribution in [3.05, 3.63) is 53.0 Å². The van der Waals surface area contributed by atoms with Crippen LogP contribution in [0.5, 0.6) is 0 Å². The first-order chi connectivity index (χ1) is 13.3. The van der Waals surface area contributed by atoms with Crippen LogP contribution in [-0.4, -0.2) is 52.6 Å². The summed E-state index contributed by atoms with van der Waals surface area (Å²) >= 11 is 0. The van der Waals surface area contributed by atoms with Crippen LogP contribution in [0.4, 0.5) is 5.82 Å². The van der Waals surface area contributed by atoms with E-state index in [1.54, 1.807) is 39.1 Å². The van der Waals surface area contributed by atoms with Gasteiger partial charge in [0.2, 0.25) is 5.78 Å². The predicted molar refractivity (Wildman–Crippen MR) is 112 cm³/mol. The topological polar surface area (TPSA) is 78.4 Å². The number of anilines is 1. The summed E-state index contributed by atoms with van der Waals surface area (Å²) in [6.07, 6.45) is 2.66. The number of rotatable bonds is 3. The first-order valence-corrected chi connectivity index (χ1v) is 9.53. The molecule has 0 bridgehead atoms. The molecular formula is C22H28N4O2. The summed E-state index contributed by atoms with van der Waals surface area (Å²) in [5.41, 5.74) is 0.986. The molecule has 1 saturated heterocycles. The van der Waals surface area contributed by atoms with Gasteiger partial charge in [0.05, 0.1) is 0 Å². The normalized spacial score (nSPS) is 14.8. The molecule has 2 N–H and O–H groups in total. The summed E-state index contributed by atoms with van der Waals surface area (Å²) in [5.74, 6) is 6.27. The number of hydrogen-bond acceptors (Lipinski definition) is 6. The van der Waals surface area contributed by atoms with Gasteiger partial charge < -0.3 is 15.3 Å². The number of hydrogen-bond donors (Lipinski definition) is 2. The van der Waals surface area contributed by atoms with Crippen molar-refractivity contribution >= 4 is 11.6 Å². The van der Waals surface area contributed by atoms with E-state index in [0.717, 1.165) is 38.4 Å². The average molecular weight is 380 g/mol. The van der Waals surface area contributed by atoms with E-state index in [-0.39, 0.29) is 7.21 Å². The third kappa shape index (κ3) is 5.16. The maximum absolute atomic E-state index is 13.1. The molecule has 0 atom stereocenters. The van der Waals surface area contributed by atoms with Gasteiger partial charge in [-0.2, -0.15) is 0 Å². The van der Waals surface area contributed by atoms with E-state index in [1.807, 2.05) is 12.1 Å². The molecular weight excluding hydrogens is 352 g/mol. The molecule has 1 fully saturated rings. The lowest BCUT2D eigenvalue weighted by atomic mass is 10.0. The molecule has 2 aromatic heterocycles. The standard InChI is InChI=1S/C22H26N4O2.H2/c1-16-18(14-17(15-24-16)8-9-22(2,3)28)21(27)19-6-4-7-20(25-19)26-12-5-10-23-11-13-26;/h4,6-7,14-15,23,28H,5,10-13H2,1-3H3;1H. The molecule has 6 nitrogen and oxygen atoms in total. The molecule has 28 heavy (non-hydrogen) atoms. The van der Waals surface area contributed by atoms with E-state index in [1.165, 1.54) is 0 Å². The molecule has 0 radical (unpaired) electrons. The van der Waals surface area contributed by atoms with E-state index in [2.05, 4.69) is 32.0 Å². The van der Waals surface area contributed by atoms with Crippen molar-refractivity contribution in [3.8, 4) is 11.8 Å². The average Bonchev–Trinajstić information content (AvgIpc) is 2.96. The molecule has 1 aliphatic heterocycles. The molecule has 0 spiro atoms. The molecule has 6 heteroatoms. The van der Waals surface area contributed by atoms with Crippen molar-refractivity contribution < 1.29 is 11.3 Å². The maximum Gasteiger partial charge on any atom is 0.213 e. The third-order valence-electron chi connectivity index (χ3n) is 4.48. The van der Waals surface area contributed by atoms with Crippen molar-refractivity contribution in [1.82, 2.24) is 15.3 Å². The van der Waals surface area contributed by atoms with Crippen LogP contribution < -0.4 is 10.2 Å². The van der Waals surface area contributed by atoms with Crippen LogP contribution in [-0.2, 0) is 0 Å². The molecule has 1 aliphatic rings. The van der Waals surface area contributed by atoms with E-state index in [9.17, 15) is 9.90 Å². The Kier molecular flexibility index (Phi) is 6.08. The molecule has 3 heterocycles. The fourth-order valence-electron chi connectivity index (χ4n) is 3.00. The van der Waals surface area contributed by atoms with Gasteiger partial charge in [0.25, 0.3) is 0 Å². The van der Waals surface area contributed by atoms with Gasteiger partial charge in [-0.1, -0.05) is 17.9 Å². The highest BCUT2D eigenvalue weighted by atomic mass is 16.3. The second-order valence-corrected chi connectivity index (χ2v) is 7.47. The van der Waals surface area contributed by atoms with Crippen molar-refractivity contribution in [2.24, 2.45) is 0 Å². The number of pyridine rings is 2. The minimum absolute atomic E-state index is 0. The van der Waals surface area contributed by atoms with Crippen LogP contribution >= 0.6 is 0 Å². The number of ketones is 1. The maximum atomic E-state index is 13.1. The Balaban J connectivity index is 0.00000300. The Morgan fingerprint density at radius 3 is 2.93 bits per heavy atom. The second kappa shape index (κ2) is 8.51. The zero-order valence-electron chi connectivity index (χ0n) is 16.6. The number of nitrogens with one attached hydrogen (secondary N) is 1. The zero-order valence-corrected chi connectivity index (χ0v) is 16.6. The fraction of sp³-hybridized carbons (Fsp3) is 0.409. The van der Waals surface area contributed by atoms with Gasteiger partial charge in [0, 0.05) is 44.1 Å². The van der Waals surface area contributed by atoms with Crippen LogP contribution in [0.2, 0.25) is 0 Å². The Morgan fingerprint density at radius 1 is 1.32 bits per heavy atom. The molecule has 0 aromatic carbocycles. The SMILES string of the molecule is Cc1ncc(C#CC(C)(C)O)cc1C(=O)c1cccc(N2CCCNCC2)n1.[HH]. The van der Waals surface area contributed by atoms with Crippen LogP contribution in [0.25, 0.3) is 0 Å². The lowest BCUT2D eigenvalue weighted by Crippen LogP contribution is -2.29. The monoisotopic (exact) mass is 380 g/mol. The summed E-state index contributed by atoms with van der Waals surface area (Å²) in [6.45, 7) is 8.71. The van der Waals surface area contributed by atoms with Crippen LogP contribution in [0.3, 0.4) is 0 Å². The Bertz CT molecular complexity index is 920.